The number of hydrogen-bond acceptors (Lipinski definition) is 3. The van der Waals surface area contributed by atoms with Crippen molar-refractivity contribution in [3.8, 4) is 34.1 Å². The minimum atomic E-state index is 0.501. The summed E-state index contributed by atoms with van der Waals surface area (Å²) in [7, 11) is 0. The largest absolute Gasteiger partial charge is 0.437 e. The summed E-state index contributed by atoms with van der Waals surface area (Å²) in [6.45, 7) is 2.05. The first-order valence-electron chi connectivity index (χ1n) is 8.52. The highest BCUT2D eigenvalue weighted by Crippen LogP contribution is 2.32. The summed E-state index contributed by atoms with van der Waals surface area (Å²) in [6, 6.07) is 27.9. The molecule has 0 saturated heterocycles. The van der Waals surface area contributed by atoms with Crippen molar-refractivity contribution in [1.82, 2.24) is 9.97 Å². The Morgan fingerprint density at radius 1 is 0.692 bits per heavy atom. The Bertz CT molecular complexity index is 997. The summed E-state index contributed by atoms with van der Waals surface area (Å²) in [4.78, 5) is 9.40. The van der Waals surface area contributed by atoms with E-state index in [9.17, 15) is 0 Å². The van der Waals surface area contributed by atoms with Crippen molar-refractivity contribution in [2.24, 2.45) is 0 Å². The van der Waals surface area contributed by atoms with E-state index in [0.717, 1.165) is 28.3 Å². The van der Waals surface area contributed by atoms with Crippen LogP contribution in [0.1, 0.15) is 5.56 Å². The second-order valence-corrected chi connectivity index (χ2v) is 6.06. The first-order chi connectivity index (χ1) is 12.8. The monoisotopic (exact) mass is 338 g/mol. The van der Waals surface area contributed by atoms with E-state index in [-0.39, 0.29) is 0 Å². The standard InChI is InChI=1S/C23H18N2O/c1-17-12-14-20(15-13-17)26-23-22(19-10-6-3-7-11-19)24-16-21(25-23)18-8-4-2-5-9-18/h2-16H,1H3. The second-order valence-electron chi connectivity index (χ2n) is 6.06. The van der Waals surface area contributed by atoms with Gasteiger partial charge >= 0.3 is 0 Å². The van der Waals surface area contributed by atoms with Crippen LogP contribution < -0.4 is 4.74 Å². The van der Waals surface area contributed by atoms with Crippen LogP contribution in [0, 0.1) is 6.92 Å². The van der Waals surface area contributed by atoms with Crippen molar-refractivity contribution >= 4 is 0 Å². The predicted octanol–water partition coefficient (Wildman–Crippen LogP) is 5.91. The van der Waals surface area contributed by atoms with E-state index < -0.39 is 0 Å². The predicted molar refractivity (Wildman–Crippen MR) is 104 cm³/mol. The van der Waals surface area contributed by atoms with Crippen LogP contribution >= 0.6 is 0 Å². The summed E-state index contributed by atoms with van der Waals surface area (Å²) in [5.74, 6) is 1.24. The smallest absolute Gasteiger partial charge is 0.246 e. The number of nitrogens with zero attached hydrogens (tertiary/aromatic N) is 2. The molecule has 0 atom stereocenters. The van der Waals surface area contributed by atoms with Crippen LogP contribution in [0.15, 0.2) is 91.1 Å². The van der Waals surface area contributed by atoms with Gasteiger partial charge in [-0.1, -0.05) is 78.4 Å². The van der Waals surface area contributed by atoms with E-state index in [1.54, 1.807) is 6.20 Å². The number of ether oxygens (including phenoxy) is 1. The van der Waals surface area contributed by atoms with Crippen LogP contribution in [0.4, 0.5) is 0 Å². The summed E-state index contributed by atoms with van der Waals surface area (Å²) in [5.41, 5.74) is 4.68. The molecule has 0 aliphatic heterocycles. The van der Waals surface area contributed by atoms with Gasteiger partial charge < -0.3 is 4.74 Å². The molecule has 1 aromatic heterocycles. The normalized spacial score (nSPS) is 10.5. The molecule has 3 heteroatoms. The van der Waals surface area contributed by atoms with Crippen molar-refractivity contribution in [2.75, 3.05) is 0 Å². The van der Waals surface area contributed by atoms with Gasteiger partial charge in [0, 0.05) is 11.1 Å². The van der Waals surface area contributed by atoms with Gasteiger partial charge in [0.05, 0.1) is 11.9 Å². The van der Waals surface area contributed by atoms with E-state index in [1.165, 1.54) is 5.56 Å². The zero-order chi connectivity index (χ0) is 17.8. The molecule has 0 radical (unpaired) electrons. The van der Waals surface area contributed by atoms with E-state index in [0.29, 0.717) is 5.88 Å². The molecule has 126 valence electrons. The molecule has 0 amide bonds. The van der Waals surface area contributed by atoms with Gasteiger partial charge in [0.2, 0.25) is 5.88 Å². The van der Waals surface area contributed by atoms with Gasteiger partial charge in [-0.15, -0.1) is 0 Å². The molecule has 3 aromatic carbocycles. The summed E-state index contributed by atoms with van der Waals surface area (Å²) < 4.78 is 6.11. The van der Waals surface area contributed by atoms with Crippen LogP contribution in [-0.4, -0.2) is 9.97 Å². The third-order valence-electron chi connectivity index (χ3n) is 4.09. The Balaban J connectivity index is 1.80. The van der Waals surface area contributed by atoms with Crippen LogP contribution in [0.5, 0.6) is 11.6 Å². The van der Waals surface area contributed by atoms with Gasteiger partial charge in [0.25, 0.3) is 0 Å². The van der Waals surface area contributed by atoms with Gasteiger partial charge in [0.1, 0.15) is 11.4 Å². The van der Waals surface area contributed by atoms with Crippen molar-refractivity contribution in [1.29, 1.82) is 0 Å². The lowest BCUT2D eigenvalue weighted by molar-refractivity contribution is 0.463. The minimum Gasteiger partial charge on any atom is -0.437 e. The Hall–Kier alpha value is -3.46. The Kier molecular flexibility index (Phi) is 4.44. The third kappa shape index (κ3) is 3.47. The average molecular weight is 338 g/mol. The third-order valence-corrected chi connectivity index (χ3v) is 4.09. The SMILES string of the molecule is Cc1ccc(Oc2nc(-c3ccccc3)cnc2-c2ccccc2)cc1. The Labute approximate surface area is 153 Å². The molecule has 4 aromatic rings. The quantitative estimate of drug-likeness (QED) is 0.464. The highest BCUT2D eigenvalue weighted by Gasteiger charge is 2.13. The Morgan fingerprint density at radius 3 is 1.96 bits per heavy atom. The van der Waals surface area contributed by atoms with Crippen molar-refractivity contribution in [3.63, 3.8) is 0 Å². The molecule has 0 spiro atoms. The van der Waals surface area contributed by atoms with Crippen LogP contribution in [0.2, 0.25) is 0 Å². The van der Waals surface area contributed by atoms with E-state index in [2.05, 4.69) is 11.9 Å². The van der Waals surface area contributed by atoms with Crippen LogP contribution in [0.25, 0.3) is 22.5 Å². The highest BCUT2D eigenvalue weighted by molar-refractivity contribution is 5.68. The van der Waals surface area contributed by atoms with Crippen molar-refractivity contribution in [2.45, 2.75) is 6.92 Å². The lowest BCUT2D eigenvalue weighted by Crippen LogP contribution is -1.97. The fraction of sp³-hybridized carbons (Fsp3) is 0.0435. The number of aromatic nitrogens is 2. The van der Waals surface area contributed by atoms with E-state index in [1.807, 2.05) is 84.9 Å². The molecule has 0 fully saturated rings. The summed E-state index contributed by atoms with van der Waals surface area (Å²) >= 11 is 0. The molecular weight excluding hydrogens is 320 g/mol. The molecule has 4 rings (SSSR count). The molecule has 0 aliphatic rings. The lowest BCUT2D eigenvalue weighted by atomic mass is 10.1. The molecule has 0 bridgehead atoms. The maximum atomic E-state index is 6.11. The zero-order valence-electron chi connectivity index (χ0n) is 14.5. The van der Waals surface area contributed by atoms with Gasteiger partial charge in [-0.25, -0.2) is 9.97 Å². The maximum absolute atomic E-state index is 6.11. The summed E-state index contributed by atoms with van der Waals surface area (Å²) in [6.07, 6.45) is 1.79. The highest BCUT2D eigenvalue weighted by atomic mass is 16.5. The number of aryl methyl sites for hydroxylation is 1. The first kappa shape index (κ1) is 16.0. The lowest BCUT2D eigenvalue weighted by Gasteiger charge is -2.12. The average Bonchev–Trinajstić information content (AvgIpc) is 2.71. The Morgan fingerprint density at radius 2 is 1.31 bits per heavy atom. The minimum absolute atomic E-state index is 0.501. The van der Waals surface area contributed by atoms with E-state index >= 15 is 0 Å². The van der Waals surface area contributed by atoms with Crippen LogP contribution in [0.3, 0.4) is 0 Å². The molecule has 0 aliphatic carbocycles. The number of rotatable bonds is 4. The molecule has 0 unspecified atom stereocenters. The molecule has 1 heterocycles. The maximum Gasteiger partial charge on any atom is 0.246 e. The first-order valence-corrected chi connectivity index (χ1v) is 8.52. The van der Waals surface area contributed by atoms with E-state index in [4.69, 9.17) is 9.72 Å². The topological polar surface area (TPSA) is 35.0 Å². The molecule has 26 heavy (non-hydrogen) atoms. The fourth-order valence-electron chi connectivity index (χ4n) is 2.70. The van der Waals surface area contributed by atoms with Crippen molar-refractivity contribution < 1.29 is 4.74 Å². The van der Waals surface area contributed by atoms with Crippen molar-refractivity contribution in [3.05, 3.63) is 96.7 Å². The number of benzene rings is 3. The van der Waals surface area contributed by atoms with Gasteiger partial charge in [-0.3, -0.25) is 0 Å². The van der Waals surface area contributed by atoms with Gasteiger partial charge in [-0.05, 0) is 19.1 Å². The molecule has 3 nitrogen and oxygen atoms in total. The summed E-state index contributed by atoms with van der Waals surface area (Å²) in [5, 5.41) is 0. The molecule has 0 saturated carbocycles. The van der Waals surface area contributed by atoms with Gasteiger partial charge in [-0.2, -0.15) is 0 Å². The molecular formula is C23H18N2O. The van der Waals surface area contributed by atoms with Crippen LogP contribution in [-0.2, 0) is 0 Å². The second kappa shape index (κ2) is 7.19. The zero-order valence-corrected chi connectivity index (χ0v) is 14.5. The molecule has 0 N–H and O–H groups in total. The number of hydrogen-bond donors (Lipinski definition) is 0. The fourth-order valence-corrected chi connectivity index (χ4v) is 2.70. The van der Waals surface area contributed by atoms with Gasteiger partial charge in [0.15, 0.2) is 0 Å².